The molecule has 3 heterocycles. The summed E-state index contributed by atoms with van der Waals surface area (Å²) in [5.41, 5.74) is 1.16. The van der Waals surface area contributed by atoms with Gasteiger partial charge in [-0.25, -0.2) is 4.79 Å². The molecule has 1 aromatic heterocycles. The Morgan fingerprint density at radius 3 is 2.23 bits per heavy atom. The Morgan fingerprint density at radius 1 is 1.11 bits per heavy atom. The maximum Gasteiger partial charge on any atom is 0.490 e. The van der Waals surface area contributed by atoms with Gasteiger partial charge in [-0.3, -0.25) is 9.78 Å². The van der Waals surface area contributed by atoms with E-state index in [4.69, 9.17) is 14.6 Å². The highest BCUT2D eigenvalue weighted by molar-refractivity contribution is 8.01. The number of aromatic nitrogens is 1. The lowest BCUT2D eigenvalue weighted by molar-refractivity contribution is -0.192. The SMILES string of the molecule is O=C(N1CC2(CC(OCc3cccnc3)CS2)C1)C12CC3CC(CC(C3)C1)C2.O=C(O)C(F)(F)F. The van der Waals surface area contributed by atoms with Crippen LogP contribution in [0.25, 0.3) is 0 Å². The highest BCUT2D eigenvalue weighted by Gasteiger charge is 2.59. The van der Waals surface area contributed by atoms with Crippen molar-refractivity contribution in [2.24, 2.45) is 23.2 Å². The molecule has 0 aromatic carbocycles. The molecule has 6 fully saturated rings. The number of aliphatic carboxylic acids is 1. The Labute approximate surface area is 207 Å². The van der Waals surface area contributed by atoms with Crippen LogP contribution in [0, 0.1) is 23.2 Å². The van der Waals surface area contributed by atoms with Crippen LogP contribution in [-0.2, 0) is 20.9 Å². The van der Waals surface area contributed by atoms with Crippen LogP contribution in [0.3, 0.4) is 0 Å². The molecule has 35 heavy (non-hydrogen) atoms. The topological polar surface area (TPSA) is 79.7 Å². The first-order valence-electron chi connectivity index (χ1n) is 12.3. The summed E-state index contributed by atoms with van der Waals surface area (Å²) in [5, 5.41) is 7.12. The zero-order valence-corrected chi connectivity index (χ0v) is 20.3. The zero-order chi connectivity index (χ0) is 24.8. The molecule has 4 aliphatic carbocycles. The van der Waals surface area contributed by atoms with Crippen LogP contribution in [0.5, 0.6) is 0 Å². The normalized spacial score (nSPS) is 34.3. The van der Waals surface area contributed by atoms with Gasteiger partial charge in [-0.2, -0.15) is 13.2 Å². The molecule has 6 nitrogen and oxygen atoms in total. The van der Waals surface area contributed by atoms with E-state index in [9.17, 15) is 18.0 Å². The largest absolute Gasteiger partial charge is 0.490 e. The van der Waals surface area contributed by atoms with Crippen molar-refractivity contribution in [3.8, 4) is 0 Å². The Bertz CT molecular complexity index is 916. The van der Waals surface area contributed by atoms with Crippen molar-refractivity contribution >= 4 is 23.6 Å². The van der Waals surface area contributed by atoms with E-state index in [1.807, 2.05) is 24.0 Å². The Kier molecular flexibility index (Phi) is 6.57. The van der Waals surface area contributed by atoms with E-state index in [1.165, 1.54) is 38.5 Å². The van der Waals surface area contributed by atoms with Crippen LogP contribution in [0.15, 0.2) is 24.5 Å². The predicted molar refractivity (Wildman–Crippen MR) is 123 cm³/mol. The molecule has 4 saturated carbocycles. The van der Waals surface area contributed by atoms with E-state index in [-0.39, 0.29) is 10.2 Å². The van der Waals surface area contributed by atoms with Crippen LogP contribution >= 0.6 is 11.8 Å². The van der Waals surface area contributed by atoms with Crippen molar-refractivity contribution in [1.82, 2.24) is 9.88 Å². The average Bonchev–Trinajstić information content (AvgIpc) is 3.21. The smallest absolute Gasteiger partial charge is 0.475 e. The summed E-state index contributed by atoms with van der Waals surface area (Å²) in [4.78, 5) is 28.8. The summed E-state index contributed by atoms with van der Waals surface area (Å²) < 4.78 is 38.1. The van der Waals surface area contributed by atoms with Gasteiger partial charge in [-0.1, -0.05) is 6.07 Å². The fourth-order valence-corrected chi connectivity index (χ4v) is 8.88. The average molecular weight is 513 g/mol. The number of likely N-dealkylation sites (tertiary alicyclic amines) is 1. The predicted octanol–water partition coefficient (Wildman–Crippen LogP) is 4.53. The van der Waals surface area contributed by atoms with Gasteiger partial charge < -0.3 is 14.7 Å². The number of hydrogen-bond acceptors (Lipinski definition) is 5. The minimum absolute atomic E-state index is 0.0237. The van der Waals surface area contributed by atoms with Crippen LogP contribution in [0.4, 0.5) is 13.2 Å². The summed E-state index contributed by atoms with van der Waals surface area (Å²) in [6, 6.07) is 4.03. The third-order valence-corrected chi connectivity index (χ3v) is 9.94. The van der Waals surface area contributed by atoms with Gasteiger partial charge in [-0.15, -0.1) is 11.8 Å². The first kappa shape index (κ1) is 24.9. The molecule has 1 spiro atoms. The number of halogens is 3. The van der Waals surface area contributed by atoms with E-state index in [2.05, 4.69) is 16.0 Å². The van der Waals surface area contributed by atoms with Gasteiger partial charge in [0.05, 0.1) is 22.9 Å². The van der Waals surface area contributed by atoms with Crippen molar-refractivity contribution < 1.29 is 32.6 Å². The molecular formula is C25H31F3N2O4S. The second-order valence-electron chi connectivity index (χ2n) is 11.2. The van der Waals surface area contributed by atoms with Gasteiger partial charge in [0.15, 0.2) is 0 Å². The van der Waals surface area contributed by atoms with Crippen molar-refractivity contribution in [1.29, 1.82) is 0 Å². The zero-order valence-electron chi connectivity index (χ0n) is 19.5. The molecule has 1 unspecified atom stereocenters. The number of carbonyl (C=O) groups is 2. The molecule has 10 heteroatoms. The molecule has 1 atom stereocenters. The number of carbonyl (C=O) groups excluding carboxylic acids is 1. The van der Waals surface area contributed by atoms with Gasteiger partial charge in [0.2, 0.25) is 5.91 Å². The highest BCUT2D eigenvalue weighted by Crippen LogP contribution is 2.61. The molecular weight excluding hydrogens is 481 g/mol. The third kappa shape index (κ3) is 5.19. The molecule has 1 aromatic rings. The maximum atomic E-state index is 13.5. The number of pyridine rings is 1. The minimum Gasteiger partial charge on any atom is -0.475 e. The monoisotopic (exact) mass is 512 g/mol. The molecule has 192 valence electrons. The number of rotatable bonds is 4. The van der Waals surface area contributed by atoms with Crippen LogP contribution in [-0.4, -0.2) is 62.7 Å². The maximum absolute atomic E-state index is 13.5. The summed E-state index contributed by atoms with van der Waals surface area (Å²) in [5.74, 6) is 1.34. The van der Waals surface area contributed by atoms with Crippen molar-refractivity contribution in [3.05, 3.63) is 30.1 Å². The molecule has 2 saturated heterocycles. The van der Waals surface area contributed by atoms with Crippen molar-refractivity contribution in [3.63, 3.8) is 0 Å². The number of nitrogens with zero attached hydrogens (tertiary/aromatic N) is 2. The van der Waals surface area contributed by atoms with Gasteiger partial charge in [-0.05, 0) is 74.3 Å². The van der Waals surface area contributed by atoms with E-state index in [1.54, 1.807) is 6.20 Å². The lowest BCUT2D eigenvalue weighted by Crippen LogP contribution is -2.65. The number of ether oxygens (including phenoxy) is 1. The molecule has 0 radical (unpaired) electrons. The van der Waals surface area contributed by atoms with Crippen LogP contribution < -0.4 is 0 Å². The van der Waals surface area contributed by atoms with E-state index >= 15 is 0 Å². The summed E-state index contributed by atoms with van der Waals surface area (Å²) >= 11 is 2.04. The van der Waals surface area contributed by atoms with Gasteiger partial charge in [0.1, 0.15) is 0 Å². The number of thioether (sulfide) groups is 1. The van der Waals surface area contributed by atoms with Crippen LogP contribution in [0.1, 0.15) is 50.5 Å². The number of alkyl halides is 3. The lowest BCUT2D eigenvalue weighted by atomic mass is 9.49. The number of hydrogen-bond donors (Lipinski definition) is 1. The first-order chi connectivity index (χ1) is 16.6. The molecule has 1 amide bonds. The molecule has 6 aliphatic rings. The number of carboxylic acid groups (broad SMARTS) is 1. The van der Waals surface area contributed by atoms with E-state index in [0.29, 0.717) is 18.6 Å². The van der Waals surface area contributed by atoms with Gasteiger partial charge >= 0.3 is 12.1 Å². The molecule has 4 bridgehead atoms. The Hall–Kier alpha value is -1.81. The minimum atomic E-state index is -5.08. The quantitative estimate of drug-likeness (QED) is 0.639. The third-order valence-electron chi connectivity index (χ3n) is 8.36. The van der Waals surface area contributed by atoms with E-state index < -0.39 is 12.1 Å². The summed E-state index contributed by atoms with van der Waals surface area (Å²) in [7, 11) is 0. The Balaban J connectivity index is 0.000000320. The fourth-order valence-electron chi connectivity index (χ4n) is 7.33. The number of amides is 1. The standard InChI is InChI=1S/C23H30N2O2S.C2HF3O2/c26-21(22-7-17-4-18(8-22)6-19(5-17)9-22)25-14-23(15-25)10-20(13-28-23)27-12-16-2-1-3-24-11-16;3-2(4,5)1(6)7/h1-3,11,17-20H,4-10,12-15H2;(H,6,7). The lowest BCUT2D eigenvalue weighted by Gasteiger charge is -2.59. The van der Waals surface area contributed by atoms with Gasteiger partial charge in [0.25, 0.3) is 0 Å². The van der Waals surface area contributed by atoms with Crippen LogP contribution in [0.2, 0.25) is 0 Å². The molecule has 1 N–H and O–H groups in total. The highest BCUT2D eigenvalue weighted by atomic mass is 32.2. The van der Waals surface area contributed by atoms with Crippen molar-refractivity contribution in [2.45, 2.75) is 68.6 Å². The van der Waals surface area contributed by atoms with Gasteiger partial charge in [0, 0.05) is 31.2 Å². The second kappa shape index (κ2) is 9.25. The molecule has 7 rings (SSSR count). The molecule has 2 aliphatic heterocycles. The van der Waals surface area contributed by atoms with E-state index in [0.717, 1.165) is 48.6 Å². The Morgan fingerprint density at radius 2 is 1.71 bits per heavy atom. The second-order valence-corrected chi connectivity index (χ2v) is 12.6. The fraction of sp³-hybridized carbons (Fsp3) is 0.720. The summed E-state index contributed by atoms with van der Waals surface area (Å²) in [6.45, 7) is 2.54. The summed E-state index contributed by atoms with van der Waals surface area (Å²) in [6.07, 6.45) is 7.76. The number of carboxylic acids is 1. The van der Waals surface area contributed by atoms with Crippen molar-refractivity contribution in [2.75, 3.05) is 18.8 Å². The first-order valence-corrected chi connectivity index (χ1v) is 13.3.